The van der Waals surface area contributed by atoms with Crippen LogP contribution in [0.5, 0.6) is 0 Å². The molecule has 24 heavy (non-hydrogen) atoms. The maximum Gasteiger partial charge on any atom is 0.277 e. The first-order valence-electron chi connectivity index (χ1n) is 7.12. The van der Waals surface area contributed by atoms with Crippen LogP contribution in [0.2, 0.25) is 10.0 Å². The highest BCUT2D eigenvalue weighted by atomic mass is 35.5. The molecule has 0 saturated carbocycles. The van der Waals surface area contributed by atoms with Crippen molar-refractivity contribution in [1.82, 2.24) is 15.0 Å². The smallest absolute Gasteiger partial charge is 0.277 e. The lowest BCUT2D eigenvalue weighted by Crippen LogP contribution is -2.26. The average molecular weight is 363 g/mol. The number of anilines is 1. The van der Waals surface area contributed by atoms with Crippen LogP contribution in [0.3, 0.4) is 0 Å². The number of aryl methyl sites for hydroxylation is 1. The van der Waals surface area contributed by atoms with Crippen molar-refractivity contribution in [3.63, 3.8) is 0 Å². The van der Waals surface area contributed by atoms with Gasteiger partial charge in [0.2, 0.25) is 5.91 Å². The van der Waals surface area contributed by atoms with Crippen LogP contribution in [-0.2, 0) is 11.3 Å². The molecule has 1 amide bonds. The molecule has 3 rings (SSSR count). The van der Waals surface area contributed by atoms with Gasteiger partial charge in [-0.1, -0.05) is 46.6 Å². The van der Waals surface area contributed by atoms with Crippen molar-refractivity contribution in [2.45, 2.75) is 13.0 Å². The maximum atomic E-state index is 12.3. The SMILES string of the molecule is O=C(CCn1nnc2ccccc2c1=O)Nc1cccc(Cl)c1Cl. The summed E-state index contributed by atoms with van der Waals surface area (Å²) in [5.41, 5.74) is 0.661. The summed E-state index contributed by atoms with van der Waals surface area (Å²) in [7, 11) is 0. The van der Waals surface area contributed by atoms with Crippen molar-refractivity contribution in [2.24, 2.45) is 0 Å². The van der Waals surface area contributed by atoms with Crippen LogP contribution in [0.25, 0.3) is 10.9 Å². The van der Waals surface area contributed by atoms with Gasteiger partial charge in [0.1, 0.15) is 5.52 Å². The van der Waals surface area contributed by atoms with Crippen LogP contribution in [0, 0.1) is 0 Å². The molecule has 0 spiro atoms. The molecule has 0 unspecified atom stereocenters. The van der Waals surface area contributed by atoms with E-state index >= 15 is 0 Å². The number of rotatable bonds is 4. The van der Waals surface area contributed by atoms with E-state index in [1.54, 1.807) is 42.5 Å². The first-order valence-corrected chi connectivity index (χ1v) is 7.88. The Kier molecular flexibility index (Phi) is 4.78. The predicted octanol–water partition coefficient (Wildman–Crippen LogP) is 3.13. The van der Waals surface area contributed by atoms with Crippen LogP contribution in [0.15, 0.2) is 47.3 Å². The van der Waals surface area contributed by atoms with Gasteiger partial charge < -0.3 is 5.32 Å². The van der Waals surface area contributed by atoms with E-state index in [0.717, 1.165) is 0 Å². The minimum absolute atomic E-state index is 0.0514. The number of aromatic nitrogens is 3. The Morgan fingerprint density at radius 1 is 1.12 bits per heavy atom. The summed E-state index contributed by atoms with van der Waals surface area (Å²) in [6, 6.07) is 11.9. The number of benzene rings is 2. The molecule has 2 aromatic carbocycles. The monoisotopic (exact) mass is 362 g/mol. The Morgan fingerprint density at radius 2 is 1.92 bits per heavy atom. The summed E-state index contributed by atoms with van der Waals surface area (Å²) < 4.78 is 1.17. The second kappa shape index (κ2) is 6.98. The van der Waals surface area contributed by atoms with Gasteiger partial charge in [-0.3, -0.25) is 9.59 Å². The van der Waals surface area contributed by atoms with Crippen molar-refractivity contribution in [1.29, 1.82) is 0 Å². The molecular formula is C16H12Cl2N4O2. The van der Waals surface area contributed by atoms with Gasteiger partial charge >= 0.3 is 0 Å². The molecule has 1 aromatic heterocycles. The fourth-order valence-corrected chi connectivity index (χ4v) is 2.54. The van der Waals surface area contributed by atoms with Crippen molar-refractivity contribution in [3.8, 4) is 0 Å². The van der Waals surface area contributed by atoms with E-state index in [-0.39, 0.29) is 29.5 Å². The van der Waals surface area contributed by atoms with E-state index < -0.39 is 0 Å². The number of amides is 1. The lowest BCUT2D eigenvalue weighted by atomic mass is 10.2. The standard InChI is InChI=1S/C16H12Cl2N4O2/c17-11-5-3-7-13(15(11)18)19-14(23)8-9-22-16(24)10-4-1-2-6-12(10)20-21-22/h1-7H,8-9H2,(H,19,23). The van der Waals surface area contributed by atoms with Gasteiger partial charge in [-0.25, -0.2) is 4.68 Å². The Balaban J connectivity index is 1.72. The molecule has 122 valence electrons. The maximum absolute atomic E-state index is 12.3. The summed E-state index contributed by atoms with van der Waals surface area (Å²) >= 11 is 11.9. The Morgan fingerprint density at radius 3 is 2.75 bits per heavy atom. The highest BCUT2D eigenvalue weighted by molar-refractivity contribution is 6.43. The molecule has 3 aromatic rings. The number of hydrogen-bond donors (Lipinski definition) is 1. The zero-order valence-electron chi connectivity index (χ0n) is 12.4. The van der Waals surface area contributed by atoms with Crippen molar-refractivity contribution in [3.05, 3.63) is 62.9 Å². The molecule has 1 heterocycles. The van der Waals surface area contributed by atoms with Crippen LogP contribution in [0.4, 0.5) is 5.69 Å². The van der Waals surface area contributed by atoms with Crippen LogP contribution in [0.1, 0.15) is 6.42 Å². The number of halogens is 2. The van der Waals surface area contributed by atoms with Gasteiger partial charge in [0.05, 0.1) is 27.7 Å². The lowest BCUT2D eigenvalue weighted by Gasteiger charge is -2.08. The minimum Gasteiger partial charge on any atom is -0.325 e. The average Bonchev–Trinajstić information content (AvgIpc) is 2.59. The van der Waals surface area contributed by atoms with Crippen molar-refractivity contribution in [2.75, 3.05) is 5.32 Å². The summed E-state index contributed by atoms with van der Waals surface area (Å²) in [4.78, 5) is 24.3. The molecule has 0 atom stereocenters. The number of nitrogens with one attached hydrogen (secondary N) is 1. The first-order chi connectivity index (χ1) is 11.6. The molecule has 0 radical (unpaired) electrons. The second-order valence-electron chi connectivity index (χ2n) is 5.03. The first kappa shape index (κ1) is 16.4. The largest absolute Gasteiger partial charge is 0.325 e. The second-order valence-corrected chi connectivity index (χ2v) is 5.82. The summed E-state index contributed by atoms with van der Waals surface area (Å²) in [6.07, 6.45) is 0.0514. The van der Waals surface area contributed by atoms with Crippen molar-refractivity contribution >= 4 is 45.7 Å². The van der Waals surface area contributed by atoms with Gasteiger partial charge in [0, 0.05) is 6.42 Å². The van der Waals surface area contributed by atoms with Gasteiger partial charge in [-0.05, 0) is 24.3 Å². The minimum atomic E-state index is -0.305. The van der Waals surface area contributed by atoms with Gasteiger partial charge in [0.15, 0.2) is 0 Å². The number of hydrogen-bond acceptors (Lipinski definition) is 4. The van der Waals surface area contributed by atoms with Crippen LogP contribution < -0.4 is 10.9 Å². The third-order valence-corrected chi connectivity index (χ3v) is 4.22. The van der Waals surface area contributed by atoms with Crippen LogP contribution in [-0.4, -0.2) is 20.9 Å². The third kappa shape index (κ3) is 3.39. The quantitative estimate of drug-likeness (QED) is 0.773. The van der Waals surface area contributed by atoms with E-state index in [4.69, 9.17) is 23.2 Å². The van der Waals surface area contributed by atoms with E-state index in [0.29, 0.717) is 21.6 Å². The predicted molar refractivity (Wildman–Crippen MR) is 93.5 cm³/mol. The van der Waals surface area contributed by atoms with E-state index in [9.17, 15) is 9.59 Å². The van der Waals surface area contributed by atoms with E-state index in [1.807, 2.05) is 0 Å². The number of fused-ring (bicyclic) bond motifs is 1. The molecule has 0 bridgehead atoms. The molecule has 8 heteroatoms. The van der Waals surface area contributed by atoms with E-state index in [1.165, 1.54) is 4.68 Å². The zero-order valence-corrected chi connectivity index (χ0v) is 13.9. The normalized spacial score (nSPS) is 10.8. The zero-order chi connectivity index (χ0) is 17.1. The topological polar surface area (TPSA) is 76.9 Å². The lowest BCUT2D eigenvalue weighted by molar-refractivity contribution is -0.116. The number of carbonyl (C=O) groups excluding carboxylic acids is 1. The number of nitrogens with zero attached hydrogens (tertiary/aromatic N) is 3. The molecule has 1 N–H and O–H groups in total. The fourth-order valence-electron chi connectivity index (χ4n) is 2.19. The summed E-state index contributed by atoms with van der Waals surface area (Å²) in [5.74, 6) is -0.305. The van der Waals surface area contributed by atoms with E-state index in [2.05, 4.69) is 15.6 Å². The highest BCUT2D eigenvalue weighted by Crippen LogP contribution is 2.29. The van der Waals surface area contributed by atoms with Crippen molar-refractivity contribution < 1.29 is 4.79 Å². The van der Waals surface area contributed by atoms with Crippen LogP contribution >= 0.6 is 23.2 Å². The third-order valence-electron chi connectivity index (χ3n) is 3.41. The molecule has 0 saturated heterocycles. The highest BCUT2D eigenvalue weighted by Gasteiger charge is 2.10. The number of carbonyl (C=O) groups is 1. The van der Waals surface area contributed by atoms with Gasteiger partial charge in [-0.2, -0.15) is 0 Å². The summed E-state index contributed by atoms with van der Waals surface area (Å²) in [5, 5.41) is 11.6. The Hall–Kier alpha value is -2.44. The molecule has 0 aliphatic carbocycles. The molecular weight excluding hydrogens is 351 g/mol. The molecule has 0 aliphatic rings. The van der Waals surface area contributed by atoms with Gasteiger partial charge in [0.25, 0.3) is 5.56 Å². The Bertz CT molecular complexity index is 972. The Labute approximate surface area is 147 Å². The van der Waals surface area contributed by atoms with Gasteiger partial charge in [-0.15, -0.1) is 5.10 Å². The summed E-state index contributed by atoms with van der Waals surface area (Å²) in [6.45, 7) is 0.112. The molecule has 0 aliphatic heterocycles. The fraction of sp³-hybridized carbons (Fsp3) is 0.125. The molecule has 0 fully saturated rings. The molecule has 6 nitrogen and oxygen atoms in total.